The molecule has 1 fully saturated rings. The normalized spacial score (nSPS) is 15.6. The molecule has 3 aromatic rings. The molecule has 0 unspecified atom stereocenters. The second-order valence-corrected chi connectivity index (χ2v) is 6.93. The molecule has 0 atom stereocenters. The number of para-hydroxylation sites is 1. The maximum Gasteiger partial charge on any atom is 0.256 e. The molecule has 2 aromatic heterocycles. The van der Waals surface area contributed by atoms with Crippen molar-refractivity contribution in [1.29, 1.82) is 0 Å². The number of imidazole rings is 1. The number of aromatic nitrogens is 3. The van der Waals surface area contributed by atoms with E-state index >= 15 is 0 Å². The number of rotatable bonds is 4. The fourth-order valence-electron chi connectivity index (χ4n) is 3.97. The van der Waals surface area contributed by atoms with E-state index in [4.69, 9.17) is 0 Å². The summed E-state index contributed by atoms with van der Waals surface area (Å²) in [5, 5.41) is 1.02. The van der Waals surface area contributed by atoms with Crippen LogP contribution in [0.1, 0.15) is 48.3 Å². The summed E-state index contributed by atoms with van der Waals surface area (Å²) in [6, 6.07) is 8.40. The first kappa shape index (κ1) is 15.9. The summed E-state index contributed by atoms with van der Waals surface area (Å²) in [5.74, 6) is 0.958. The van der Waals surface area contributed by atoms with E-state index in [1.54, 1.807) is 6.20 Å². The number of H-pyrrole nitrogens is 1. The fraction of sp³-hybridized carbons (Fsp3) is 0.400. The van der Waals surface area contributed by atoms with Crippen molar-refractivity contribution in [2.75, 3.05) is 0 Å². The number of amides is 1. The molecule has 0 saturated heterocycles. The van der Waals surface area contributed by atoms with Crippen LogP contribution in [0.5, 0.6) is 0 Å². The molecule has 4 rings (SSSR count). The van der Waals surface area contributed by atoms with Gasteiger partial charge in [0.2, 0.25) is 0 Å². The van der Waals surface area contributed by atoms with Crippen LogP contribution in [-0.4, -0.2) is 31.4 Å². The Hall–Kier alpha value is -2.56. The van der Waals surface area contributed by atoms with Crippen LogP contribution in [-0.2, 0) is 13.6 Å². The lowest BCUT2D eigenvalue weighted by atomic mass is 9.93. The number of benzene rings is 1. The zero-order valence-corrected chi connectivity index (χ0v) is 14.6. The summed E-state index contributed by atoms with van der Waals surface area (Å²) in [5.41, 5.74) is 1.88. The maximum atomic E-state index is 13.5. The van der Waals surface area contributed by atoms with E-state index in [1.807, 2.05) is 47.1 Å². The van der Waals surface area contributed by atoms with E-state index < -0.39 is 0 Å². The topological polar surface area (TPSA) is 53.9 Å². The van der Waals surface area contributed by atoms with Crippen molar-refractivity contribution < 1.29 is 4.79 Å². The van der Waals surface area contributed by atoms with Crippen LogP contribution < -0.4 is 0 Å². The average Bonchev–Trinajstić information content (AvgIpc) is 3.28. The number of nitrogens with one attached hydrogen (secondary N) is 1. The van der Waals surface area contributed by atoms with Crippen molar-refractivity contribution in [3.05, 3.63) is 54.2 Å². The van der Waals surface area contributed by atoms with Gasteiger partial charge in [0.1, 0.15) is 5.82 Å². The van der Waals surface area contributed by atoms with Gasteiger partial charge in [-0.05, 0) is 18.9 Å². The Kier molecular flexibility index (Phi) is 4.30. The molecule has 0 radical (unpaired) electrons. The Bertz CT molecular complexity index is 859. The van der Waals surface area contributed by atoms with E-state index in [9.17, 15) is 4.79 Å². The van der Waals surface area contributed by atoms with Crippen LogP contribution in [0.2, 0.25) is 0 Å². The first-order chi connectivity index (χ1) is 12.2. The first-order valence-electron chi connectivity index (χ1n) is 9.07. The highest BCUT2D eigenvalue weighted by atomic mass is 16.2. The van der Waals surface area contributed by atoms with Crippen molar-refractivity contribution in [3.8, 4) is 0 Å². The van der Waals surface area contributed by atoms with Gasteiger partial charge in [-0.25, -0.2) is 4.98 Å². The lowest BCUT2D eigenvalue weighted by Gasteiger charge is -2.34. The Morgan fingerprint density at radius 3 is 2.84 bits per heavy atom. The molecule has 25 heavy (non-hydrogen) atoms. The summed E-state index contributed by atoms with van der Waals surface area (Å²) in [6.45, 7) is 0.541. The number of hydrogen-bond acceptors (Lipinski definition) is 2. The van der Waals surface area contributed by atoms with Gasteiger partial charge in [-0.2, -0.15) is 0 Å². The molecule has 130 valence electrons. The number of carbonyl (C=O) groups excluding carboxylic acids is 1. The van der Waals surface area contributed by atoms with Crippen LogP contribution >= 0.6 is 0 Å². The second-order valence-electron chi connectivity index (χ2n) is 6.93. The molecular weight excluding hydrogens is 312 g/mol. The summed E-state index contributed by atoms with van der Waals surface area (Å²) < 4.78 is 2.04. The van der Waals surface area contributed by atoms with Crippen molar-refractivity contribution in [1.82, 2.24) is 19.4 Å². The molecule has 1 amide bonds. The molecule has 0 bridgehead atoms. The minimum Gasteiger partial charge on any atom is -0.350 e. The molecular formula is C20H24N4O. The molecule has 0 spiro atoms. The van der Waals surface area contributed by atoms with Gasteiger partial charge in [-0.1, -0.05) is 37.5 Å². The fourth-order valence-corrected chi connectivity index (χ4v) is 3.97. The van der Waals surface area contributed by atoms with Crippen LogP contribution in [0, 0.1) is 0 Å². The van der Waals surface area contributed by atoms with Gasteiger partial charge in [0.05, 0.1) is 12.1 Å². The van der Waals surface area contributed by atoms with Crippen molar-refractivity contribution in [2.45, 2.75) is 44.7 Å². The van der Waals surface area contributed by atoms with Crippen molar-refractivity contribution in [3.63, 3.8) is 0 Å². The monoisotopic (exact) mass is 336 g/mol. The lowest BCUT2D eigenvalue weighted by molar-refractivity contribution is 0.0610. The molecule has 2 heterocycles. The smallest absolute Gasteiger partial charge is 0.256 e. The SMILES string of the molecule is Cn1cc(C(=O)N(Cc2ncc[nH]2)C2CCCCC2)c2ccccc21. The Morgan fingerprint density at radius 2 is 2.08 bits per heavy atom. The van der Waals surface area contributed by atoms with E-state index in [2.05, 4.69) is 16.0 Å². The predicted octanol–water partition coefficient (Wildman–Crippen LogP) is 3.88. The average molecular weight is 336 g/mol. The predicted molar refractivity (Wildman–Crippen MR) is 98.3 cm³/mol. The third kappa shape index (κ3) is 3.06. The van der Waals surface area contributed by atoms with Crippen molar-refractivity contribution in [2.24, 2.45) is 7.05 Å². The molecule has 5 heteroatoms. The molecule has 1 aliphatic rings. The van der Waals surface area contributed by atoms with Gasteiger partial charge in [0.15, 0.2) is 0 Å². The van der Waals surface area contributed by atoms with Gasteiger partial charge in [0.25, 0.3) is 5.91 Å². The number of carbonyl (C=O) groups is 1. The highest BCUT2D eigenvalue weighted by molar-refractivity contribution is 6.07. The highest BCUT2D eigenvalue weighted by Gasteiger charge is 2.28. The largest absolute Gasteiger partial charge is 0.350 e. The molecule has 1 aliphatic carbocycles. The molecule has 0 aliphatic heterocycles. The van der Waals surface area contributed by atoms with E-state index in [-0.39, 0.29) is 5.91 Å². The molecule has 1 aromatic carbocycles. The standard InChI is InChI=1S/C20H24N4O/c1-23-13-17(16-9-5-6-10-18(16)23)20(25)24(14-19-21-11-12-22-19)15-7-3-2-4-8-15/h5-6,9-13,15H,2-4,7-8,14H2,1H3,(H,21,22). The van der Waals surface area contributed by atoms with Gasteiger partial charge >= 0.3 is 0 Å². The van der Waals surface area contributed by atoms with E-state index in [1.165, 1.54) is 19.3 Å². The lowest BCUT2D eigenvalue weighted by Crippen LogP contribution is -2.41. The Labute approximate surface area is 147 Å². The number of hydrogen-bond donors (Lipinski definition) is 1. The number of fused-ring (bicyclic) bond motifs is 1. The summed E-state index contributed by atoms with van der Waals surface area (Å²) in [6.07, 6.45) is 11.4. The van der Waals surface area contributed by atoms with E-state index in [0.717, 1.165) is 35.1 Å². The van der Waals surface area contributed by atoms with Crippen LogP contribution in [0.25, 0.3) is 10.9 Å². The summed E-state index contributed by atoms with van der Waals surface area (Å²) in [7, 11) is 2.00. The molecule has 5 nitrogen and oxygen atoms in total. The quantitative estimate of drug-likeness (QED) is 0.786. The summed E-state index contributed by atoms with van der Waals surface area (Å²) in [4.78, 5) is 23.0. The number of nitrogens with zero attached hydrogens (tertiary/aromatic N) is 3. The summed E-state index contributed by atoms with van der Waals surface area (Å²) >= 11 is 0. The number of aryl methyl sites for hydroxylation is 1. The zero-order chi connectivity index (χ0) is 17.2. The van der Waals surface area contributed by atoms with Crippen molar-refractivity contribution >= 4 is 16.8 Å². The maximum absolute atomic E-state index is 13.5. The number of aromatic amines is 1. The van der Waals surface area contributed by atoms with Crippen LogP contribution in [0.15, 0.2) is 42.9 Å². The Morgan fingerprint density at radius 1 is 1.28 bits per heavy atom. The Balaban J connectivity index is 1.70. The van der Waals surface area contributed by atoms with Crippen LogP contribution in [0.4, 0.5) is 0 Å². The third-order valence-electron chi connectivity index (χ3n) is 5.28. The van der Waals surface area contributed by atoms with Gasteiger partial charge in [-0.3, -0.25) is 4.79 Å². The highest BCUT2D eigenvalue weighted by Crippen LogP contribution is 2.28. The van der Waals surface area contributed by atoms with Gasteiger partial charge < -0.3 is 14.5 Å². The molecule has 1 N–H and O–H groups in total. The first-order valence-corrected chi connectivity index (χ1v) is 9.07. The third-order valence-corrected chi connectivity index (χ3v) is 5.28. The zero-order valence-electron chi connectivity index (χ0n) is 14.6. The van der Waals surface area contributed by atoms with E-state index in [0.29, 0.717) is 12.6 Å². The van der Waals surface area contributed by atoms with Crippen LogP contribution in [0.3, 0.4) is 0 Å². The van der Waals surface area contributed by atoms with Gasteiger partial charge in [-0.15, -0.1) is 0 Å². The molecule has 1 saturated carbocycles. The second kappa shape index (κ2) is 6.75. The van der Waals surface area contributed by atoms with Gasteiger partial charge in [0, 0.05) is 42.6 Å². The minimum atomic E-state index is 0.111. The minimum absolute atomic E-state index is 0.111.